The SMILES string of the molecule is CCO[Si]1(OC)CC[Si]2(OCC)O[Si](OC)(OCC)O[Si](OC)(OCC)O[Si](OCC)(O2)O[Si](OC)(OCC)O1. The molecule has 2 aliphatic heterocycles. The van der Waals surface area contributed by atoms with Crippen LogP contribution >= 0.6 is 0 Å². The Balaban J connectivity index is 2.92. The third-order valence-corrected chi connectivity index (χ3v) is 26.5. The highest BCUT2D eigenvalue weighted by Crippen LogP contribution is 2.41. The monoisotopic (exact) mass is 686 g/mol. The molecule has 0 amide bonds. The molecular weight excluding hydrogens is 641 g/mol. The molecule has 2 bridgehead atoms. The van der Waals surface area contributed by atoms with Gasteiger partial charge in [0.25, 0.3) is 0 Å². The zero-order valence-electron chi connectivity index (χ0n) is 25.2. The predicted molar refractivity (Wildman–Crippen MR) is 148 cm³/mol. The smallest absolute Gasteiger partial charge is 0.377 e. The normalized spacial score (nSPS) is 39.1. The highest BCUT2D eigenvalue weighted by atomic mass is 28.6. The topological polar surface area (TPSA) is 148 Å². The third-order valence-electron chi connectivity index (χ3n) is 5.40. The van der Waals surface area contributed by atoms with Gasteiger partial charge in [0.15, 0.2) is 0 Å². The van der Waals surface area contributed by atoms with Gasteiger partial charge in [-0.15, -0.1) is 0 Å². The van der Waals surface area contributed by atoms with Crippen LogP contribution in [0.15, 0.2) is 0 Å². The van der Waals surface area contributed by atoms with E-state index in [0.717, 1.165) is 0 Å². The molecule has 2 aliphatic rings. The van der Waals surface area contributed by atoms with Crippen molar-refractivity contribution in [2.24, 2.45) is 0 Å². The molecule has 238 valence electrons. The molecule has 40 heavy (non-hydrogen) atoms. The Kier molecular flexibility index (Phi) is 14.8. The van der Waals surface area contributed by atoms with Crippen LogP contribution in [0, 0.1) is 0 Å². The first kappa shape index (κ1) is 36.9. The Hall–Kier alpha value is 0.661. The highest BCUT2D eigenvalue weighted by Gasteiger charge is 2.77. The standard InChI is InChI=1S/C18H46O16Si6/c1-11-23-35(19-7)17-18-36(24-12-2)30-38(21-9,26-14-4)32-39(22-10,27-15-5)34-40(31-36,28-16-6)33-37(20-8,29-35)25-13-3/h11-18H2,1-10H3. The van der Waals surface area contributed by atoms with Crippen LogP contribution in [0.5, 0.6) is 0 Å². The van der Waals surface area contributed by atoms with Crippen molar-refractivity contribution in [3.05, 3.63) is 0 Å². The van der Waals surface area contributed by atoms with E-state index in [1.54, 1.807) is 34.6 Å². The van der Waals surface area contributed by atoms with E-state index >= 15 is 0 Å². The molecule has 0 spiro atoms. The fourth-order valence-corrected chi connectivity index (χ4v) is 28.0. The number of fused-ring (bicyclic) bond motifs is 2. The maximum absolute atomic E-state index is 6.74. The minimum Gasteiger partial charge on any atom is -0.377 e. The zero-order valence-corrected chi connectivity index (χ0v) is 31.2. The van der Waals surface area contributed by atoms with E-state index in [-0.39, 0.29) is 51.7 Å². The second-order valence-electron chi connectivity index (χ2n) is 7.89. The van der Waals surface area contributed by atoms with Crippen LogP contribution < -0.4 is 0 Å². The molecule has 6 atom stereocenters. The average molecular weight is 687 g/mol. The lowest BCUT2D eigenvalue weighted by Crippen LogP contribution is -2.76. The van der Waals surface area contributed by atoms with Crippen molar-refractivity contribution in [1.29, 1.82) is 0 Å². The largest absolute Gasteiger partial charge is 0.667 e. The van der Waals surface area contributed by atoms with Crippen LogP contribution in [-0.4, -0.2) is 122 Å². The van der Waals surface area contributed by atoms with Gasteiger partial charge in [-0.25, -0.2) is 0 Å². The molecule has 0 aromatic carbocycles. The fraction of sp³-hybridized carbons (Fsp3) is 1.00. The maximum atomic E-state index is 6.74. The van der Waals surface area contributed by atoms with Crippen LogP contribution in [-0.2, 0) is 69.0 Å². The fourth-order valence-electron chi connectivity index (χ4n) is 3.91. The predicted octanol–water partition coefficient (Wildman–Crippen LogP) is 1.54. The molecule has 2 saturated heterocycles. The second kappa shape index (κ2) is 16.1. The van der Waals surface area contributed by atoms with Crippen molar-refractivity contribution in [2.75, 3.05) is 68.1 Å². The molecule has 2 heterocycles. The summed E-state index contributed by atoms with van der Waals surface area (Å²) in [5.74, 6) is 0. The molecule has 0 aliphatic carbocycles. The van der Waals surface area contributed by atoms with Crippen LogP contribution in [0.3, 0.4) is 0 Å². The van der Waals surface area contributed by atoms with Crippen LogP contribution in [0.4, 0.5) is 0 Å². The molecule has 0 saturated carbocycles. The van der Waals surface area contributed by atoms with Gasteiger partial charge in [0.1, 0.15) is 0 Å². The Bertz CT molecular complexity index is 767. The van der Waals surface area contributed by atoms with E-state index in [0.29, 0.717) is 0 Å². The van der Waals surface area contributed by atoms with Gasteiger partial charge in [-0.3, -0.25) is 0 Å². The molecule has 16 nitrogen and oxygen atoms in total. The van der Waals surface area contributed by atoms with Crippen molar-refractivity contribution >= 4 is 53.8 Å². The Labute approximate surface area is 244 Å². The number of rotatable bonds is 16. The summed E-state index contributed by atoms with van der Waals surface area (Å²) >= 11 is 0. The van der Waals surface area contributed by atoms with Gasteiger partial charge in [0.05, 0.1) is 0 Å². The summed E-state index contributed by atoms with van der Waals surface area (Å²) < 4.78 is 99.2. The molecule has 0 radical (unpaired) electrons. The van der Waals surface area contributed by atoms with Crippen LogP contribution in [0.25, 0.3) is 0 Å². The van der Waals surface area contributed by atoms with E-state index in [4.69, 9.17) is 69.0 Å². The van der Waals surface area contributed by atoms with E-state index in [9.17, 15) is 0 Å². The van der Waals surface area contributed by atoms with Gasteiger partial charge < -0.3 is 69.0 Å². The molecule has 0 N–H and O–H groups in total. The van der Waals surface area contributed by atoms with Crippen molar-refractivity contribution in [2.45, 2.75) is 53.6 Å². The molecule has 2 rings (SSSR count). The van der Waals surface area contributed by atoms with Gasteiger partial charge >= 0.3 is 53.8 Å². The Morgan fingerprint density at radius 1 is 0.425 bits per heavy atom. The van der Waals surface area contributed by atoms with Gasteiger partial charge in [-0.2, -0.15) is 0 Å². The average Bonchev–Trinajstić information content (AvgIpc) is 2.95. The lowest BCUT2D eigenvalue weighted by molar-refractivity contribution is -0.0813. The summed E-state index contributed by atoms with van der Waals surface area (Å²) in [5, 5.41) is 0. The quantitative estimate of drug-likeness (QED) is 0.216. The van der Waals surface area contributed by atoms with E-state index < -0.39 is 53.8 Å². The van der Waals surface area contributed by atoms with Gasteiger partial charge in [0.2, 0.25) is 0 Å². The summed E-state index contributed by atoms with van der Waals surface area (Å²) in [7, 11) is -19.0. The first-order valence-corrected chi connectivity index (χ1v) is 23.7. The summed E-state index contributed by atoms with van der Waals surface area (Å²) in [6.45, 7) is 11.6. The van der Waals surface area contributed by atoms with E-state index in [1.807, 2.05) is 6.92 Å². The molecule has 2 fully saturated rings. The first-order valence-electron chi connectivity index (χ1n) is 13.3. The molecule has 0 aromatic heterocycles. The summed E-state index contributed by atoms with van der Waals surface area (Å²) in [5.41, 5.74) is 0. The Morgan fingerprint density at radius 2 is 0.875 bits per heavy atom. The van der Waals surface area contributed by atoms with Gasteiger partial charge in [-0.05, 0) is 41.5 Å². The molecular formula is C18H46O16Si6. The molecule has 6 unspecified atom stereocenters. The minimum absolute atomic E-state index is 0.0834. The second-order valence-corrected chi connectivity index (χ2v) is 23.9. The highest BCUT2D eigenvalue weighted by molar-refractivity contribution is 6.88. The van der Waals surface area contributed by atoms with Crippen molar-refractivity contribution < 1.29 is 69.0 Å². The first-order chi connectivity index (χ1) is 19.1. The van der Waals surface area contributed by atoms with Gasteiger partial charge in [0, 0.05) is 80.2 Å². The molecule has 22 heteroatoms. The lowest BCUT2D eigenvalue weighted by atomic mass is 10.9. The van der Waals surface area contributed by atoms with Crippen LogP contribution in [0.1, 0.15) is 41.5 Å². The van der Waals surface area contributed by atoms with Crippen molar-refractivity contribution in [3.63, 3.8) is 0 Å². The summed E-state index contributed by atoms with van der Waals surface area (Å²) in [4.78, 5) is 0. The summed E-state index contributed by atoms with van der Waals surface area (Å²) in [6, 6.07) is 0.286. The third kappa shape index (κ3) is 8.64. The zero-order chi connectivity index (χ0) is 30.0. The van der Waals surface area contributed by atoms with E-state index in [2.05, 4.69) is 0 Å². The van der Waals surface area contributed by atoms with Crippen molar-refractivity contribution in [3.8, 4) is 0 Å². The maximum Gasteiger partial charge on any atom is 0.667 e. The van der Waals surface area contributed by atoms with Crippen molar-refractivity contribution in [1.82, 2.24) is 0 Å². The summed E-state index contributed by atoms with van der Waals surface area (Å²) in [6.07, 6.45) is 0. The van der Waals surface area contributed by atoms with E-state index in [1.165, 1.54) is 28.4 Å². The minimum atomic E-state index is -4.52. The van der Waals surface area contributed by atoms with Gasteiger partial charge in [-0.1, -0.05) is 0 Å². The molecule has 0 aromatic rings. The number of hydrogen-bond donors (Lipinski definition) is 0. The van der Waals surface area contributed by atoms with Crippen LogP contribution in [0.2, 0.25) is 12.1 Å². The number of hydrogen-bond acceptors (Lipinski definition) is 16. The lowest BCUT2D eigenvalue weighted by Gasteiger charge is -2.46. The Morgan fingerprint density at radius 3 is 1.30 bits per heavy atom.